The van der Waals surface area contributed by atoms with Crippen LogP contribution in [0.5, 0.6) is 0 Å². The van der Waals surface area contributed by atoms with Crippen LogP contribution in [0.15, 0.2) is 61.1 Å². The molecule has 0 spiro atoms. The van der Waals surface area contributed by atoms with Crippen molar-refractivity contribution >= 4 is 34.8 Å². The molecule has 1 aromatic heterocycles. The second-order valence-corrected chi connectivity index (χ2v) is 10.2. The quantitative estimate of drug-likeness (QED) is 0.311. The summed E-state index contributed by atoms with van der Waals surface area (Å²) in [6.07, 6.45) is 4.59. The maximum Gasteiger partial charge on any atom is 0.226 e. The number of hydrogen-bond acceptors (Lipinski definition) is 4. The Bertz CT molecular complexity index is 1250. The van der Waals surface area contributed by atoms with Gasteiger partial charge in [0.15, 0.2) is 5.11 Å². The third-order valence-corrected chi connectivity index (χ3v) is 7.19. The number of nitriles is 1. The number of imidazole rings is 1. The molecule has 1 amide bonds. The Hall–Kier alpha value is -3.41. The van der Waals surface area contributed by atoms with Crippen LogP contribution in [0, 0.1) is 17.2 Å². The van der Waals surface area contributed by atoms with E-state index in [0.717, 1.165) is 23.2 Å². The summed E-state index contributed by atoms with van der Waals surface area (Å²) in [6.45, 7) is 8.74. The summed E-state index contributed by atoms with van der Waals surface area (Å²) in [5, 5.41) is 16.9. The first-order valence-corrected chi connectivity index (χ1v) is 13.7. The second-order valence-electron chi connectivity index (χ2n) is 9.40. The Kier molecular flexibility index (Phi) is 11.1. The molecule has 1 heterocycles. The first kappa shape index (κ1) is 29.2. The number of benzene rings is 2. The van der Waals surface area contributed by atoms with Gasteiger partial charge >= 0.3 is 0 Å². The van der Waals surface area contributed by atoms with Gasteiger partial charge in [-0.15, -0.1) is 0 Å². The van der Waals surface area contributed by atoms with E-state index in [1.54, 1.807) is 24.7 Å². The highest BCUT2D eigenvalue weighted by Gasteiger charge is 2.24. The van der Waals surface area contributed by atoms with E-state index in [1.807, 2.05) is 47.9 Å². The summed E-state index contributed by atoms with van der Waals surface area (Å²) < 4.78 is 1.96. The van der Waals surface area contributed by atoms with Gasteiger partial charge in [0.05, 0.1) is 24.4 Å². The number of carbonyl (C=O) groups is 1. The minimum Gasteiger partial charge on any atom is -0.363 e. The Morgan fingerprint density at radius 3 is 2.63 bits per heavy atom. The highest BCUT2D eigenvalue weighted by atomic mass is 35.5. The van der Waals surface area contributed by atoms with Gasteiger partial charge in [-0.3, -0.25) is 4.79 Å². The van der Waals surface area contributed by atoms with Gasteiger partial charge in [0, 0.05) is 49.1 Å². The molecule has 38 heavy (non-hydrogen) atoms. The van der Waals surface area contributed by atoms with Crippen molar-refractivity contribution in [3.63, 3.8) is 0 Å². The Labute approximate surface area is 235 Å². The molecule has 0 radical (unpaired) electrons. The van der Waals surface area contributed by atoms with Gasteiger partial charge in [-0.2, -0.15) is 5.26 Å². The van der Waals surface area contributed by atoms with Crippen molar-refractivity contribution in [1.82, 2.24) is 25.1 Å². The van der Waals surface area contributed by atoms with Crippen LogP contribution in [0.3, 0.4) is 0 Å². The summed E-state index contributed by atoms with van der Waals surface area (Å²) >= 11 is 11.9. The molecule has 7 nitrogen and oxygen atoms in total. The summed E-state index contributed by atoms with van der Waals surface area (Å²) in [5.41, 5.74) is 3.54. The average Bonchev–Trinajstić information content (AvgIpc) is 3.33. The minimum absolute atomic E-state index is 0.0612. The molecule has 0 aliphatic heterocycles. The van der Waals surface area contributed by atoms with Crippen molar-refractivity contribution < 1.29 is 4.79 Å². The molecule has 0 aliphatic rings. The number of hydrogen-bond donors (Lipinski definition) is 2. The van der Waals surface area contributed by atoms with Crippen LogP contribution in [0.4, 0.5) is 0 Å². The molecule has 0 fully saturated rings. The number of carbonyl (C=O) groups excluding carboxylic acids is 1. The van der Waals surface area contributed by atoms with Crippen LogP contribution in [0.25, 0.3) is 0 Å². The molecular formula is C29H35ClN6OS. The van der Waals surface area contributed by atoms with Crippen molar-refractivity contribution in [3.8, 4) is 6.07 Å². The Balaban J connectivity index is 1.70. The predicted molar refractivity (Wildman–Crippen MR) is 156 cm³/mol. The van der Waals surface area contributed by atoms with Crippen molar-refractivity contribution in [2.45, 2.75) is 52.7 Å². The normalized spacial score (nSPS) is 12.3. The standard InChI is InChI=1S/C29H35ClN6OS/c1-4-21(3)27(19-35(29(38)33-5-2)18-24-7-6-8-25(30)13-24)34-28(37)14-26-16-32-20-36(26)17-23-11-9-22(15-31)10-12-23/h6-13,16,20-21,27H,4-5,14,17-19H2,1-3H3,(H,33,38)(H,34,37)/t21-,27+/m0/s1. The summed E-state index contributed by atoms with van der Waals surface area (Å²) in [6, 6.07) is 17.2. The lowest BCUT2D eigenvalue weighted by molar-refractivity contribution is -0.121. The molecule has 0 bridgehead atoms. The number of aromatic nitrogens is 2. The Morgan fingerprint density at radius 2 is 1.97 bits per heavy atom. The fraction of sp³-hybridized carbons (Fsp3) is 0.379. The van der Waals surface area contributed by atoms with E-state index in [4.69, 9.17) is 29.1 Å². The number of nitrogens with zero attached hydrogens (tertiary/aromatic N) is 4. The second kappa shape index (κ2) is 14.5. The fourth-order valence-electron chi connectivity index (χ4n) is 4.17. The summed E-state index contributed by atoms with van der Waals surface area (Å²) in [5.74, 6) is 0.183. The smallest absolute Gasteiger partial charge is 0.226 e. The zero-order valence-electron chi connectivity index (χ0n) is 22.2. The van der Waals surface area contributed by atoms with E-state index >= 15 is 0 Å². The highest BCUT2D eigenvalue weighted by molar-refractivity contribution is 7.80. The third kappa shape index (κ3) is 8.57. The van der Waals surface area contributed by atoms with Gasteiger partial charge in [0.25, 0.3) is 0 Å². The van der Waals surface area contributed by atoms with Gasteiger partial charge in [-0.1, -0.05) is 56.1 Å². The lowest BCUT2D eigenvalue weighted by Gasteiger charge is -2.33. The molecule has 0 unspecified atom stereocenters. The minimum atomic E-state index is -0.0989. The van der Waals surface area contributed by atoms with Crippen LogP contribution in [0.2, 0.25) is 5.02 Å². The van der Waals surface area contributed by atoms with Crippen molar-refractivity contribution in [2.75, 3.05) is 13.1 Å². The summed E-state index contributed by atoms with van der Waals surface area (Å²) in [4.78, 5) is 19.6. The molecular weight excluding hydrogens is 516 g/mol. The lowest BCUT2D eigenvalue weighted by atomic mass is 9.98. The lowest BCUT2D eigenvalue weighted by Crippen LogP contribution is -2.51. The van der Waals surface area contributed by atoms with Crippen molar-refractivity contribution in [2.24, 2.45) is 5.92 Å². The van der Waals surface area contributed by atoms with Gasteiger partial charge in [-0.05, 0) is 60.5 Å². The third-order valence-electron chi connectivity index (χ3n) is 6.55. The molecule has 2 atom stereocenters. The first-order chi connectivity index (χ1) is 18.3. The average molecular weight is 551 g/mol. The van der Waals surface area contributed by atoms with Crippen molar-refractivity contribution in [1.29, 1.82) is 5.26 Å². The molecule has 200 valence electrons. The van der Waals surface area contributed by atoms with E-state index < -0.39 is 0 Å². The van der Waals surface area contributed by atoms with Gasteiger partial charge in [0.2, 0.25) is 5.91 Å². The molecule has 3 rings (SSSR count). The maximum absolute atomic E-state index is 13.2. The largest absolute Gasteiger partial charge is 0.363 e. The van der Waals surface area contributed by atoms with Crippen LogP contribution in [-0.2, 0) is 24.3 Å². The monoisotopic (exact) mass is 550 g/mol. The molecule has 0 saturated heterocycles. The summed E-state index contributed by atoms with van der Waals surface area (Å²) in [7, 11) is 0. The van der Waals surface area contributed by atoms with Gasteiger partial charge in [-0.25, -0.2) is 4.98 Å². The van der Waals surface area contributed by atoms with E-state index in [1.165, 1.54) is 0 Å². The van der Waals surface area contributed by atoms with Crippen LogP contribution in [-0.4, -0.2) is 44.6 Å². The van der Waals surface area contributed by atoms with Gasteiger partial charge < -0.3 is 20.1 Å². The zero-order valence-corrected chi connectivity index (χ0v) is 23.7. The number of amides is 1. The number of nitrogens with one attached hydrogen (secondary N) is 2. The molecule has 0 saturated carbocycles. The topological polar surface area (TPSA) is 86.0 Å². The van der Waals surface area contributed by atoms with E-state index in [0.29, 0.717) is 41.9 Å². The fourth-order valence-corrected chi connectivity index (χ4v) is 4.67. The number of rotatable bonds is 12. The molecule has 2 aromatic carbocycles. The van der Waals surface area contributed by atoms with Crippen LogP contribution in [0.1, 0.15) is 49.6 Å². The van der Waals surface area contributed by atoms with Gasteiger partial charge in [0.1, 0.15) is 0 Å². The van der Waals surface area contributed by atoms with Crippen molar-refractivity contribution in [3.05, 3.63) is 88.5 Å². The molecule has 9 heteroatoms. The predicted octanol–water partition coefficient (Wildman–Crippen LogP) is 4.93. The zero-order chi connectivity index (χ0) is 27.5. The molecule has 3 aromatic rings. The van der Waals surface area contributed by atoms with Crippen LogP contribution >= 0.6 is 23.8 Å². The maximum atomic E-state index is 13.2. The SMILES string of the molecule is CCNC(=S)N(Cc1cccc(Cl)c1)C[C@@H](NC(=O)Cc1cncn1Cc1ccc(C#N)cc1)[C@@H](C)CC. The van der Waals surface area contributed by atoms with E-state index in [2.05, 4.69) is 40.4 Å². The number of halogens is 1. The molecule has 0 aliphatic carbocycles. The van der Waals surface area contributed by atoms with E-state index in [9.17, 15) is 4.79 Å². The first-order valence-electron chi connectivity index (χ1n) is 12.9. The highest BCUT2D eigenvalue weighted by Crippen LogP contribution is 2.16. The van der Waals surface area contributed by atoms with Crippen LogP contribution < -0.4 is 10.6 Å². The molecule has 2 N–H and O–H groups in total. The van der Waals surface area contributed by atoms with E-state index in [-0.39, 0.29) is 24.3 Å². The number of thiocarbonyl (C=S) groups is 1. The Morgan fingerprint density at radius 1 is 1.21 bits per heavy atom.